The Morgan fingerprint density at radius 3 is 2.25 bits per heavy atom. The average Bonchev–Trinajstić information content (AvgIpc) is 2.59. The summed E-state index contributed by atoms with van der Waals surface area (Å²) in [5.74, 6) is -0.448. The van der Waals surface area contributed by atoms with E-state index < -0.39 is 6.04 Å². The Kier molecular flexibility index (Phi) is 3.91. The van der Waals surface area contributed by atoms with Gasteiger partial charge in [-0.15, -0.1) is 13.2 Å². The molecule has 2 aromatic carbocycles. The number of ketones is 2. The lowest BCUT2D eigenvalue weighted by atomic mass is 9.79. The summed E-state index contributed by atoms with van der Waals surface area (Å²) in [7, 11) is 0. The van der Waals surface area contributed by atoms with E-state index >= 15 is 0 Å². The molecular weight excluding hydrogens is 300 g/mol. The first-order valence-electron chi connectivity index (χ1n) is 7.64. The molecule has 0 amide bonds. The van der Waals surface area contributed by atoms with Crippen LogP contribution in [0.2, 0.25) is 0 Å². The Balaban J connectivity index is 2.35. The van der Waals surface area contributed by atoms with Crippen molar-refractivity contribution in [2.75, 3.05) is 5.73 Å². The van der Waals surface area contributed by atoms with Crippen LogP contribution in [0.25, 0.3) is 0 Å². The minimum Gasteiger partial charge on any atom is -0.398 e. The third kappa shape index (κ3) is 2.20. The Morgan fingerprint density at radius 1 is 1.04 bits per heavy atom. The van der Waals surface area contributed by atoms with Crippen LogP contribution in [-0.2, 0) is 6.42 Å². The minimum absolute atomic E-state index is 0.198. The van der Waals surface area contributed by atoms with Crippen LogP contribution >= 0.6 is 0 Å². The molecule has 3 rings (SSSR count). The molecule has 0 saturated carbocycles. The highest BCUT2D eigenvalue weighted by molar-refractivity contribution is 6.30. The summed E-state index contributed by atoms with van der Waals surface area (Å²) in [5.41, 5.74) is 15.4. The van der Waals surface area contributed by atoms with E-state index in [1.165, 1.54) is 0 Å². The number of fused-ring (bicyclic) bond motifs is 2. The van der Waals surface area contributed by atoms with Gasteiger partial charge in [-0.1, -0.05) is 36.4 Å². The molecule has 0 radical (unpaired) electrons. The van der Waals surface area contributed by atoms with Crippen LogP contribution in [0.1, 0.15) is 49.0 Å². The number of carbonyl (C=O) groups excluding carboxylic acids is 2. The fourth-order valence-electron chi connectivity index (χ4n) is 3.20. The van der Waals surface area contributed by atoms with Crippen LogP contribution in [0.5, 0.6) is 0 Å². The first kappa shape index (κ1) is 15.9. The van der Waals surface area contributed by atoms with Gasteiger partial charge in [0.25, 0.3) is 0 Å². The maximum atomic E-state index is 12.9. The van der Waals surface area contributed by atoms with Crippen molar-refractivity contribution < 1.29 is 9.59 Å². The molecule has 0 fully saturated rings. The van der Waals surface area contributed by atoms with Crippen LogP contribution in [0.4, 0.5) is 5.69 Å². The molecule has 1 atom stereocenters. The summed E-state index contributed by atoms with van der Waals surface area (Å²) < 4.78 is 0. The van der Waals surface area contributed by atoms with Gasteiger partial charge in [-0.3, -0.25) is 9.59 Å². The maximum Gasteiger partial charge on any atom is 0.196 e. The van der Waals surface area contributed by atoms with Gasteiger partial charge in [-0.05, 0) is 23.6 Å². The predicted octanol–water partition coefficient (Wildman–Crippen LogP) is 2.96. The highest BCUT2D eigenvalue weighted by atomic mass is 16.1. The Bertz CT molecular complexity index is 897. The second-order valence-corrected chi connectivity index (χ2v) is 5.74. The molecule has 120 valence electrons. The molecule has 2 aromatic rings. The van der Waals surface area contributed by atoms with Gasteiger partial charge in [0.15, 0.2) is 11.6 Å². The van der Waals surface area contributed by atoms with Gasteiger partial charge in [0.1, 0.15) is 0 Å². The van der Waals surface area contributed by atoms with Gasteiger partial charge in [-0.25, -0.2) is 0 Å². The largest absolute Gasteiger partial charge is 0.398 e. The quantitative estimate of drug-likeness (QED) is 0.572. The van der Waals surface area contributed by atoms with Gasteiger partial charge in [0.05, 0.1) is 11.6 Å². The summed E-state index contributed by atoms with van der Waals surface area (Å²) in [5, 5.41) is 0. The smallest absolute Gasteiger partial charge is 0.196 e. The Labute approximate surface area is 140 Å². The zero-order valence-electron chi connectivity index (χ0n) is 13.2. The molecule has 4 nitrogen and oxygen atoms in total. The molecule has 0 aliphatic heterocycles. The Hall–Kier alpha value is -2.98. The summed E-state index contributed by atoms with van der Waals surface area (Å²) in [4.78, 5) is 25.7. The first-order chi connectivity index (χ1) is 11.5. The lowest BCUT2D eigenvalue weighted by molar-refractivity contribution is 0.0979. The number of benzene rings is 2. The lowest BCUT2D eigenvalue weighted by Gasteiger charge is -2.24. The fourth-order valence-corrected chi connectivity index (χ4v) is 3.20. The van der Waals surface area contributed by atoms with Crippen LogP contribution < -0.4 is 11.5 Å². The molecular formula is C20H18N2O2. The number of nitrogens with two attached hydrogens (primary N) is 2. The molecule has 0 spiro atoms. The molecule has 1 aliphatic carbocycles. The van der Waals surface area contributed by atoms with Crippen molar-refractivity contribution in [1.82, 2.24) is 0 Å². The summed E-state index contributed by atoms with van der Waals surface area (Å²) >= 11 is 0. The van der Waals surface area contributed by atoms with Crippen LogP contribution in [0.15, 0.2) is 55.6 Å². The van der Waals surface area contributed by atoms with Crippen LogP contribution in [0, 0.1) is 0 Å². The molecule has 1 aliphatic rings. The lowest BCUT2D eigenvalue weighted by Crippen LogP contribution is -2.25. The molecule has 4 heteroatoms. The van der Waals surface area contributed by atoms with Crippen LogP contribution in [0.3, 0.4) is 0 Å². The number of nitrogen functional groups attached to an aromatic ring is 1. The van der Waals surface area contributed by atoms with E-state index in [4.69, 9.17) is 11.5 Å². The van der Waals surface area contributed by atoms with Crippen molar-refractivity contribution >= 4 is 17.3 Å². The third-order valence-electron chi connectivity index (χ3n) is 4.33. The Morgan fingerprint density at radius 2 is 1.67 bits per heavy atom. The SMILES string of the molecule is C=CCc1cc2c(c(N)c1C(N)C=C)C(=O)c1ccccc1C2=O. The number of hydrogen-bond donors (Lipinski definition) is 2. The van der Waals surface area contributed by atoms with Gasteiger partial charge in [0.2, 0.25) is 0 Å². The van der Waals surface area contributed by atoms with E-state index in [-0.39, 0.29) is 22.8 Å². The van der Waals surface area contributed by atoms with Gasteiger partial charge >= 0.3 is 0 Å². The molecule has 0 aromatic heterocycles. The van der Waals surface area contributed by atoms with Crippen molar-refractivity contribution in [2.45, 2.75) is 12.5 Å². The number of anilines is 1. The molecule has 1 unspecified atom stereocenters. The molecule has 0 saturated heterocycles. The minimum atomic E-state index is -0.523. The van der Waals surface area contributed by atoms with Crippen molar-refractivity contribution in [1.29, 1.82) is 0 Å². The van der Waals surface area contributed by atoms with Crippen LogP contribution in [-0.4, -0.2) is 11.6 Å². The number of rotatable bonds is 4. The molecule has 0 heterocycles. The van der Waals surface area contributed by atoms with Crippen molar-refractivity contribution in [3.05, 3.63) is 89.0 Å². The molecule has 4 N–H and O–H groups in total. The van der Waals surface area contributed by atoms with Gasteiger partial charge in [-0.2, -0.15) is 0 Å². The standard InChI is InChI=1S/C20H18N2O2/c1-3-7-11-10-14-17(18(22)16(11)15(21)4-2)20(24)13-9-6-5-8-12(13)19(14)23/h3-6,8-10,15H,1-2,7,21-22H2. The second-order valence-electron chi connectivity index (χ2n) is 5.74. The van der Waals surface area contributed by atoms with E-state index in [1.54, 1.807) is 42.5 Å². The average molecular weight is 318 g/mol. The summed E-state index contributed by atoms with van der Waals surface area (Å²) in [6.45, 7) is 7.44. The number of hydrogen-bond acceptors (Lipinski definition) is 4. The van der Waals surface area contributed by atoms with E-state index in [9.17, 15) is 9.59 Å². The topological polar surface area (TPSA) is 86.2 Å². The molecule has 24 heavy (non-hydrogen) atoms. The van der Waals surface area contributed by atoms with E-state index in [0.29, 0.717) is 28.7 Å². The highest BCUT2D eigenvalue weighted by Crippen LogP contribution is 2.37. The summed E-state index contributed by atoms with van der Waals surface area (Å²) in [6, 6.07) is 7.96. The molecule has 0 bridgehead atoms. The number of carbonyl (C=O) groups is 2. The highest BCUT2D eigenvalue weighted by Gasteiger charge is 2.33. The third-order valence-corrected chi connectivity index (χ3v) is 4.33. The van der Waals surface area contributed by atoms with Gasteiger partial charge < -0.3 is 11.5 Å². The van der Waals surface area contributed by atoms with Gasteiger partial charge in [0, 0.05) is 22.4 Å². The summed E-state index contributed by atoms with van der Waals surface area (Å²) in [6.07, 6.45) is 3.77. The normalized spacial score (nSPS) is 13.9. The first-order valence-corrected chi connectivity index (χ1v) is 7.64. The number of allylic oxidation sites excluding steroid dienone is 1. The zero-order chi connectivity index (χ0) is 17.4. The monoisotopic (exact) mass is 318 g/mol. The predicted molar refractivity (Wildman–Crippen MR) is 95.2 cm³/mol. The van der Waals surface area contributed by atoms with Crippen molar-refractivity contribution in [2.24, 2.45) is 5.73 Å². The van der Waals surface area contributed by atoms with E-state index in [2.05, 4.69) is 13.2 Å². The van der Waals surface area contributed by atoms with Crippen molar-refractivity contribution in [3.63, 3.8) is 0 Å². The van der Waals surface area contributed by atoms with Crippen molar-refractivity contribution in [3.8, 4) is 0 Å². The fraction of sp³-hybridized carbons (Fsp3) is 0.100. The zero-order valence-corrected chi connectivity index (χ0v) is 13.2. The maximum absolute atomic E-state index is 12.9. The second kappa shape index (κ2) is 5.91. The van der Waals surface area contributed by atoms with E-state index in [0.717, 1.165) is 5.56 Å². The van der Waals surface area contributed by atoms with E-state index in [1.807, 2.05) is 0 Å².